The molecule has 0 atom stereocenters. The van der Waals surface area contributed by atoms with Gasteiger partial charge in [-0.05, 0) is 55.7 Å². The highest BCUT2D eigenvalue weighted by atomic mass is 79.9. The van der Waals surface area contributed by atoms with E-state index in [1.54, 1.807) is 0 Å². The van der Waals surface area contributed by atoms with Gasteiger partial charge in [0.1, 0.15) is 11.0 Å². The van der Waals surface area contributed by atoms with E-state index in [1.807, 2.05) is 112 Å². The summed E-state index contributed by atoms with van der Waals surface area (Å²) in [7, 11) is 0. The maximum absolute atomic E-state index is 13.3. The van der Waals surface area contributed by atoms with Gasteiger partial charge in [0.25, 0.3) is 0 Å². The molecule has 0 saturated carbocycles. The smallest absolute Gasteiger partial charge is 0.334 e. The van der Waals surface area contributed by atoms with Gasteiger partial charge in [0.05, 0.1) is 6.07 Å². The monoisotopic (exact) mass is 487 g/mol. The fraction of sp³-hybridized carbons (Fsp3) is 0.214. The third-order valence-corrected chi connectivity index (χ3v) is 5.52. The van der Waals surface area contributed by atoms with Crippen LogP contribution in [0.15, 0.2) is 95.0 Å². The van der Waals surface area contributed by atoms with Crippen LogP contribution in [0.25, 0.3) is 6.08 Å². The predicted molar refractivity (Wildman–Crippen MR) is 132 cm³/mol. The third-order valence-electron chi connectivity index (χ3n) is 5.03. The number of nitriles is 1. The number of nitrogens with zero attached hydrogens (tertiary/aromatic N) is 1. The lowest BCUT2D eigenvalue weighted by Gasteiger charge is -2.30. The zero-order valence-corrected chi connectivity index (χ0v) is 20.1. The maximum atomic E-state index is 13.3. The number of esters is 1. The highest BCUT2D eigenvalue weighted by Gasteiger charge is 2.37. The molecule has 0 radical (unpaired) electrons. The molecule has 0 saturated heterocycles. The molecular weight excluding hydrogens is 462 g/mol. The molecule has 0 aliphatic heterocycles. The van der Waals surface area contributed by atoms with E-state index >= 15 is 0 Å². The Morgan fingerprint density at radius 3 is 1.97 bits per heavy atom. The minimum atomic E-state index is -1.04. The van der Waals surface area contributed by atoms with Crippen LogP contribution in [0.5, 0.6) is 0 Å². The topological polar surface area (TPSA) is 50.1 Å². The van der Waals surface area contributed by atoms with Gasteiger partial charge in [-0.15, -0.1) is 0 Å². The fourth-order valence-electron chi connectivity index (χ4n) is 3.59. The molecule has 32 heavy (non-hydrogen) atoms. The van der Waals surface area contributed by atoms with Gasteiger partial charge in [-0.2, -0.15) is 5.26 Å². The summed E-state index contributed by atoms with van der Waals surface area (Å²) in [6, 6.07) is 29.5. The quantitative estimate of drug-likeness (QED) is 0.275. The summed E-state index contributed by atoms with van der Waals surface area (Å²) in [5, 5.41) is 10.5. The standard InChI is InChI=1S/C28H26BrNO2/c1-27(2,3)32-26(31)22(17-21-11-10-16-25(29)18-21)19-28(20-30,23-12-6-4-7-13-23)24-14-8-5-9-15-24/h4-18H,19H2,1-3H3/b22-17+. The van der Waals surface area contributed by atoms with Gasteiger partial charge >= 0.3 is 5.97 Å². The van der Waals surface area contributed by atoms with Crippen LogP contribution in [-0.4, -0.2) is 11.6 Å². The third kappa shape index (κ3) is 5.75. The molecule has 0 aliphatic carbocycles. The van der Waals surface area contributed by atoms with Crippen molar-refractivity contribution in [3.63, 3.8) is 0 Å². The van der Waals surface area contributed by atoms with E-state index in [4.69, 9.17) is 4.74 Å². The summed E-state index contributed by atoms with van der Waals surface area (Å²) in [6.45, 7) is 5.52. The van der Waals surface area contributed by atoms with Gasteiger partial charge < -0.3 is 4.74 Å². The van der Waals surface area contributed by atoms with Crippen LogP contribution in [0, 0.1) is 11.3 Å². The van der Waals surface area contributed by atoms with Crippen molar-refractivity contribution in [2.45, 2.75) is 38.2 Å². The van der Waals surface area contributed by atoms with Crippen LogP contribution in [0.2, 0.25) is 0 Å². The summed E-state index contributed by atoms with van der Waals surface area (Å²) in [6.07, 6.45) is 2.00. The van der Waals surface area contributed by atoms with Crippen LogP contribution < -0.4 is 0 Å². The van der Waals surface area contributed by atoms with Crippen LogP contribution in [-0.2, 0) is 14.9 Å². The zero-order chi connectivity index (χ0) is 23.2. The molecule has 0 aromatic heterocycles. The molecule has 3 nitrogen and oxygen atoms in total. The summed E-state index contributed by atoms with van der Waals surface area (Å²) in [4.78, 5) is 13.3. The number of carbonyl (C=O) groups excluding carboxylic acids is 1. The van der Waals surface area contributed by atoms with Crippen LogP contribution in [0.4, 0.5) is 0 Å². The van der Waals surface area contributed by atoms with Crippen molar-refractivity contribution in [1.82, 2.24) is 0 Å². The second kappa shape index (κ2) is 9.97. The molecule has 0 fully saturated rings. The molecule has 4 heteroatoms. The van der Waals surface area contributed by atoms with Gasteiger partial charge in [0.15, 0.2) is 0 Å². The first-order valence-electron chi connectivity index (χ1n) is 10.5. The molecule has 0 aliphatic rings. The van der Waals surface area contributed by atoms with E-state index in [9.17, 15) is 10.1 Å². The number of hydrogen-bond acceptors (Lipinski definition) is 3. The van der Waals surface area contributed by atoms with E-state index in [2.05, 4.69) is 22.0 Å². The lowest BCUT2D eigenvalue weighted by atomic mass is 9.71. The first-order valence-corrected chi connectivity index (χ1v) is 11.2. The van der Waals surface area contributed by atoms with Gasteiger partial charge in [-0.25, -0.2) is 4.79 Å². The van der Waals surface area contributed by atoms with Gasteiger partial charge in [-0.3, -0.25) is 0 Å². The lowest BCUT2D eigenvalue weighted by molar-refractivity contribution is -0.150. The Morgan fingerprint density at radius 2 is 1.50 bits per heavy atom. The highest BCUT2D eigenvalue weighted by Crippen LogP contribution is 2.39. The molecular formula is C28H26BrNO2. The Morgan fingerprint density at radius 1 is 0.938 bits per heavy atom. The predicted octanol–water partition coefficient (Wildman–Crippen LogP) is 7.07. The normalized spacial score (nSPS) is 12.2. The van der Waals surface area contributed by atoms with Crippen LogP contribution >= 0.6 is 15.9 Å². The molecule has 0 spiro atoms. The van der Waals surface area contributed by atoms with Crippen molar-refractivity contribution >= 4 is 28.0 Å². The Labute approximate surface area is 198 Å². The molecule has 162 valence electrons. The maximum Gasteiger partial charge on any atom is 0.334 e. The highest BCUT2D eigenvalue weighted by molar-refractivity contribution is 9.10. The summed E-state index contributed by atoms with van der Waals surface area (Å²) in [5.74, 6) is -0.427. The number of rotatable bonds is 6. The van der Waals surface area contributed by atoms with Crippen molar-refractivity contribution in [2.24, 2.45) is 0 Å². The van der Waals surface area contributed by atoms with E-state index in [0.717, 1.165) is 21.2 Å². The van der Waals surface area contributed by atoms with E-state index < -0.39 is 17.0 Å². The van der Waals surface area contributed by atoms with E-state index in [1.165, 1.54) is 0 Å². The Hall–Kier alpha value is -3.16. The first-order chi connectivity index (χ1) is 15.2. The number of carbonyl (C=O) groups is 1. The average Bonchev–Trinajstić information content (AvgIpc) is 2.77. The Kier molecular flexibility index (Phi) is 7.33. The number of benzene rings is 3. The number of hydrogen-bond donors (Lipinski definition) is 0. The summed E-state index contributed by atoms with van der Waals surface area (Å²) < 4.78 is 6.65. The van der Waals surface area contributed by atoms with Gasteiger partial charge in [0, 0.05) is 16.5 Å². The SMILES string of the molecule is CC(C)(C)OC(=O)/C(=C/c1cccc(Br)c1)CC(C#N)(c1ccccc1)c1ccccc1. The Balaban J connectivity index is 2.18. The molecule has 3 aromatic carbocycles. The van der Waals surface area contributed by atoms with Crippen molar-refractivity contribution < 1.29 is 9.53 Å². The molecule has 0 bridgehead atoms. The second-order valence-corrected chi connectivity index (χ2v) is 9.57. The zero-order valence-electron chi connectivity index (χ0n) is 18.5. The molecule has 0 unspecified atom stereocenters. The molecule has 0 amide bonds. The lowest BCUT2D eigenvalue weighted by Crippen LogP contribution is -2.31. The fourth-order valence-corrected chi connectivity index (χ4v) is 4.01. The molecule has 0 N–H and O–H groups in total. The minimum Gasteiger partial charge on any atom is -0.457 e. The van der Waals surface area contributed by atoms with E-state index in [-0.39, 0.29) is 6.42 Å². The Bertz CT molecular complexity index is 1100. The molecule has 0 heterocycles. The molecule has 3 aromatic rings. The van der Waals surface area contributed by atoms with Crippen LogP contribution in [0.1, 0.15) is 43.9 Å². The summed E-state index contributed by atoms with van der Waals surface area (Å²) >= 11 is 3.49. The van der Waals surface area contributed by atoms with E-state index in [0.29, 0.717) is 5.57 Å². The average molecular weight is 488 g/mol. The number of ether oxygens (including phenoxy) is 1. The van der Waals surface area contributed by atoms with Crippen molar-refractivity contribution in [2.75, 3.05) is 0 Å². The first kappa shape index (κ1) is 23.5. The van der Waals surface area contributed by atoms with Crippen molar-refractivity contribution in [3.8, 4) is 6.07 Å². The minimum absolute atomic E-state index is 0.180. The van der Waals surface area contributed by atoms with Crippen molar-refractivity contribution in [3.05, 3.63) is 112 Å². The second-order valence-electron chi connectivity index (χ2n) is 8.65. The largest absolute Gasteiger partial charge is 0.457 e. The summed E-state index contributed by atoms with van der Waals surface area (Å²) in [5.41, 5.74) is 1.26. The van der Waals surface area contributed by atoms with Crippen LogP contribution in [0.3, 0.4) is 0 Å². The van der Waals surface area contributed by atoms with Gasteiger partial charge in [0.2, 0.25) is 0 Å². The number of halogens is 1. The van der Waals surface area contributed by atoms with Gasteiger partial charge in [-0.1, -0.05) is 88.7 Å². The van der Waals surface area contributed by atoms with Crippen molar-refractivity contribution in [1.29, 1.82) is 5.26 Å². The molecule has 3 rings (SSSR count).